The topological polar surface area (TPSA) is 35.6 Å². The molecule has 1 unspecified atom stereocenters. The normalized spacial score (nSPS) is 34.4. The Balaban J connectivity index is 1.38. The number of fused-ring (bicyclic) bond motifs is 1. The number of amides is 2. The fraction of sp³-hybridized carbons (Fsp3) is 0.650. The van der Waals surface area contributed by atoms with Crippen LogP contribution in [0.15, 0.2) is 24.3 Å². The summed E-state index contributed by atoms with van der Waals surface area (Å²) in [5.41, 5.74) is 2.55. The minimum absolute atomic E-state index is 0.000153. The average molecular weight is 345 g/mol. The van der Waals surface area contributed by atoms with Crippen LogP contribution in [0.1, 0.15) is 31.7 Å². The summed E-state index contributed by atoms with van der Waals surface area (Å²) in [7, 11) is 0. The van der Waals surface area contributed by atoms with Crippen LogP contribution in [-0.2, 0) is 0 Å². The van der Waals surface area contributed by atoms with Crippen LogP contribution < -0.4 is 10.2 Å². The summed E-state index contributed by atoms with van der Waals surface area (Å²) in [4.78, 5) is 16.7. The lowest BCUT2D eigenvalue weighted by molar-refractivity contribution is 0.186. The van der Waals surface area contributed by atoms with Crippen LogP contribution in [0, 0.1) is 18.8 Å². The lowest BCUT2D eigenvalue weighted by Crippen LogP contribution is -2.48. The highest BCUT2D eigenvalue weighted by atomic mass is 19.1. The van der Waals surface area contributed by atoms with Crippen LogP contribution in [-0.4, -0.2) is 48.8 Å². The maximum atomic E-state index is 13.6. The second kappa shape index (κ2) is 6.50. The van der Waals surface area contributed by atoms with E-state index >= 15 is 0 Å². The second-order valence-electron chi connectivity index (χ2n) is 8.13. The molecule has 3 fully saturated rings. The molecule has 2 saturated heterocycles. The lowest BCUT2D eigenvalue weighted by Gasteiger charge is -2.27. The number of aryl methyl sites for hydroxylation is 1. The first kappa shape index (κ1) is 16.7. The van der Waals surface area contributed by atoms with Gasteiger partial charge in [-0.15, -0.1) is 0 Å². The van der Waals surface area contributed by atoms with Gasteiger partial charge in [0, 0.05) is 43.2 Å². The van der Waals surface area contributed by atoms with Crippen molar-refractivity contribution in [3.63, 3.8) is 0 Å². The second-order valence-corrected chi connectivity index (χ2v) is 8.13. The van der Waals surface area contributed by atoms with Crippen molar-refractivity contribution in [1.82, 2.24) is 10.2 Å². The van der Waals surface area contributed by atoms with E-state index in [9.17, 15) is 9.18 Å². The molecule has 1 aliphatic carbocycles. The van der Waals surface area contributed by atoms with Gasteiger partial charge in [-0.05, 0) is 44.7 Å². The Labute approximate surface area is 149 Å². The molecule has 2 heterocycles. The predicted molar refractivity (Wildman–Crippen MR) is 97.6 cm³/mol. The highest BCUT2D eigenvalue weighted by molar-refractivity contribution is 5.75. The zero-order chi connectivity index (χ0) is 17.6. The molecule has 1 aromatic carbocycles. The van der Waals surface area contributed by atoms with Crippen LogP contribution in [0.3, 0.4) is 0 Å². The quantitative estimate of drug-likeness (QED) is 0.892. The number of nitrogens with zero attached hydrogens (tertiary/aromatic N) is 2. The standard InChI is InChI=1S/C20H28FN3O/c1-13-3-6-17(7-4-13)23-10-15-5-8-19(18(15)12-23)22-20(25)24-11-16(21)9-14(24)2/h3-4,6-7,14-16,18-19H,5,8-12H2,1-2H3,(H,22,25)/t14?,15-,16-,18+,19+/m1/s1. The Hall–Kier alpha value is -1.78. The van der Waals surface area contributed by atoms with Gasteiger partial charge in [-0.3, -0.25) is 0 Å². The number of rotatable bonds is 2. The molecule has 4 rings (SSSR count). The van der Waals surface area contributed by atoms with E-state index in [1.807, 2.05) is 6.92 Å². The van der Waals surface area contributed by atoms with Gasteiger partial charge in [0.05, 0.1) is 6.54 Å². The van der Waals surface area contributed by atoms with Crippen molar-refractivity contribution in [2.24, 2.45) is 11.8 Å². The number of hydrogen-bond acceptors (Lipinski definition) is 2. The van der Waals surface area contributed by atoms with E-state index in [0.717, 1.165) is 19.5 Å². The van der Waals surface area contributed by atoms with Crippen LogP contribution in [0.4, 0.5) is 14.9 Å². The molecule has 0 aromatic heterocycles. The van der Waals surface area contributed by atoms with Gasteiger partial charge in [0.15, 0.2) is 0 Å². The van der Waals surface area contributed by atoms with Crippen molar-refractivity contribution in [2.75, 3.05) is 24.5 Å². The highest BCUT2D eigenvalue weighted by Crippen LogP contribution is 2.40. The van der Waals surface area contributed by atoms with E-state index in [1.165, 1.54) is 17.7 Å². The van der Waals surface area contributed by atoms with E-state index in [0.29, 0.717) is 18.3 Å². The number of nitrogens with one attached hydrogen (secondary N) is 1. The average Bonchev–Trinajstić information content (AvgIpc) is 3.24. The molecular weight excluding hydrogens is 317 g/mol. The van der Waals surface area contributed by atoms with Gasteiger partial charge in [-0.25, -0.2) is 9.18 Å². The van der Waals surface area contributed by atoms with Gasteiger partial charge in [0.1, 0.15) is 6.17 Å². The number of anilines is 1. The number of likely N-dealkylation sites (tertiary alicyclic amines) is 1. The summed E-state index contributed by atoms with van der Waals surface area (Å²) >= 11 is 0. The molecular formula is C20H28FN3O. The molecule has 3 aliphatic rings. The third kappa shape index (κ3) is 3.21. The number of hydrogen-bond donors (Lipinski definition) is 1. The van der Waals surface area contributed by atoms with Crippen LogP contribution in [0.25, 0.3) is 0 Å². The molecule has 0 bridgehead atoms. The van der Waals surface area contributed by atoms with Crippen molar-refractivity contribution in [2.45, 2.75) is 51.4 Å². The van der Waals surface area contributed by atoms with Crippen LogP contribution in [0.5, 0.6) is 0 Å². The summed E-state index contributed by atoms with van der Waals surface area (Å²) in [5.74, 6) is 1.15. The number of benzene rings is 1. The van der Waals surface area contributed by atoms with Crippen molar-refractivity contribution >= 4 is 11.7 Å². The first-order valence-corrected chi connectivity index (χ1v) is 9.54. The van der Waals surface area contributed by atoms with Crippen LogP contribution in [0.2, 0.25) is 0 Å². The molecule has 1 N–H and O–H groups in total. The van der Waals surface area contributed by atoms with E-state index < -0.39 is 6.17 Å². The highest BCUT2D eigenvalue weighted by Gasteiger charge is 2.44. The Bertz CT molecular complexity index is 634. The Morgan fingerprint density at radius 3 is 2.60 bits per heavy atom. The molecule has 4 nitrogen and oxygen atoms in total. The van der Waals surface area contributed by atoms with E-state index in [4.69, 9.17) is 0 Å². The van der Waals surface area contributed by atoms with E-state index in [1.54, 1.807) is 4.90 Å². The number of halogens is 1. The van der Waals surface area contributed by atoms with Crippen molar-refractivity contribution < 1.29 is 9.18 Å². The third-order valence-corrected chi connectivity index (χ3v) is 6.35. The first-order chi connectivity index (χ1) is 12.0. The number of carbonyl (C=O) groups is 1. The summed E-state index contributed by atoms with van der Waals surface area (Å²) in [6, 6.07) is 8.84. The lowest BCUT2D eigenvalue weighted by atomic mass is 9.98. The Kier molecular flexibility index (Phi) is 4.34. The van der Waals surface area contributed by atoms with Gasteiger partial charge < -0.3 is 15.1 Å². The fourth-order valence-corrected chi connectivity index (χ4v) is 4.90. The molecule has 25 heavy (non-hydrogen) atoms. The Morgan fingerprint density at radius 2 is 1.92 bits per heavy atom. The fourth-order valence-electron chi connectivity index (χ4n) is 4.90. The van der Waals surface area contributed by atoms with Gasteiger partial charge in [0.25, 0.3) is 0 Å². The third-order valence-electron chi connectivity index (χ3n) is 6.35. The zero-order valence-electron chi connectivity index (χ0n) is 15.1. The summed E-state index contributed by atoms with van der Waals surface area (Å²) < 4.78 is 13.6. The van der Waals surface area contributed by atoms with Gasteiger partial charge in [-0.1, -0.05) is 17.7 Å². The largest absolute Gasteiger partial charge is 0.371 e. The van der Waals surface area contributed by atoms with Crippen LogP contribution >= 0.6 is 0 Å². The molecule has 2 aliphatic heterocycles. The molecule has 1 aromatic rings. The predicted octanol–water partition coefficient (Wildman–Crippen LogP) is 3.35. The molecule has 0 radical (unpaired) electrons. The molecule has 0 spiro atoms. The monoisotopic (exact) mass is 345 g/mol. The van der Waals surface area contributed by atoms with Gasteiger partial charge in [-0.2, -0.15) is 0 Å². The van der Waals surface area contributed by atoms with Crippen molar-refractivity contribution in [1.29, 1.82) is 0 Å². The van der Waals surface area contributed by atoms with Gasteiger partial charge >= 0.3 is 6.03 Å². The number of alkyl halides is 1. The SMILES string of the molecule is Cc1ccc(N2C[C@H]3CC[C@H](NC(=O)N4C[C@H](F)CC4C)[C@H]3C2)cc1. The molecule has 5 heteroatoms. The molecule has 1 saturated carbocycles. The van der Waals surface area contributed by atoms with E-state index in [2.05, 4.69) is 41.4 Å². The van der Waals surface area contributed by atoms with Gasteiger partial charge in [0.2, 0.25) is 0 Å². The Morgan fingerprint density at radius 1 is 1.16 bits per heavy atom. The maximum Gasteiger partial charge on any atom is 0.317 e. The molecule has 136 valence electrons. The summed E-state index contributed by atoms with van der Waals surface area (Å²) in [6.07, 6.45) is 1.80. The molecule has 2 amide bonds. The number of urea groups is 1. The number of carbonyl (C=O) groups excluding carboxylic acids is 1. The minimum atomic E-state index is -0.874. The maximum absolute atomic E-state index is 13.6. The van der Waals surface area contributed by atoms with Crippen molar-refractivity contribution in [3.8, 4) is 0 Å². The summed E-state index contributed by atoms with van der Waals surface area (Å²) in [6.45, 7) is 6.36. The van der Waals surface area contributed by atoms with Crippen molar-refractivity contribution in [3.05, 3.63) is 29.8 Å². The molecule has 5 atom stereocenters. The smallest absolute Gasteiger partial charge is 0.317 e. The first-order valence-electron chi connectivity index (χ1n) is 9.54. The zero-order valence-corrected chi connectivity index (χ0v) is 15.1. The summed E-state index contributed by atoms with van der Waals surface area (Å²) in [5, 5.41) is 3.22. The van der Waals surface area contributed by atoms with E-state index in [-0.39, 0.29) is 24.7 Å². The minimum Gasteiger partial charge on any atom is -0.371 e.